The molecule has 116 valence electrons. The Labute approximate surface area is 130 Å². The molecule has 0 amide bonds. The number of nitrogens with zero attached hydrogens (tertiary/aromatic N) is 1. The molecule has 0 unspecified atom stereocenters. The number of sulfonamides is 1. The van der Waals surface area contributed by atoms with Crippen LogP contribution in [0.25, 0.3) is 10.1 Å². The van der Waals surface area contributed by atoms with E-state index in [1.807, 2.05) is 18.2 Å². The minimum absolute atomic E-state index is 0.253. The first-order chi connectivity index (χ1) is 10.0. The normalized spacial score (nSPS) is 12.4. The highest BCUT2D eigenvalue weighted by Crippen LogP contribution is 2.36. The van der Waals surface area contributed by atoms with E-state index in [4.69, 9.17) is 0 Å². The van der Waals surface area contributed by atoms with E-state index in [1.54, 1.807) is 13.1 Å². The van der Waals surface area contributed by atoms with E-state index >= 15 is 0 Å². The zero-order valence-corrected chi connectivity index (χ0v) is 14.0. The first-order valence-corrected chi connectivity index (χ1v) is 9.35. The van der Waals surface area contributed by atoms with E-state index in [1.165, 1.54) is 15.6 Å². The van der Waals surface area contributed by atoms with Crippen LogP contribution in [-0.2, 0) is 16.6 Å². The summed E-state index contributed by atoms with van der Waals surface area (Å²) in [6.45, 7) is 2.34. The predicted molar refractivity (Wildman–Crippen MR) is 87.1 cm³/mol. The molecule has 1 aromatic heterocycles. The molecule has 21 heavy (non-hydrogen) atoms. The largest absolute Gasteiger partial charge is 0.391 e. The maximum atomic E-state index is 12.8. The average molecular weight is 327 g/mol. The number of aliphatic hydroxyl groups is 1. The third-order valence-corrected chi connectivity index (χ3v) is 6.78. The van der Waals surface area contributed by atoms with E-state index in [2.05, 4.69) is 6.92 Å². The minimum atomic E-state index is -3.56. The first-order valence-electron chi connectivity index (χ1n) is 7.10. The molecule has 0 saturated carbocycles. The van der Waals surface area contributed by atoms with Gasteiger partial charge in [0.15, 0.2) is 0 Å². The number of thiophene rings is 1. The summed E-state index contributed by atoms with van der Waals surface area (Å²) >= 11 is 1.34. The molecule has 0 fully saturated rings. The van der Waals surface area contributed by atoms with Gasteiger partial charge >= 0.3 is 0 Å². The lowest BCUT2D eigenvalue weighted by Gasteiger charge is -2.17. The molecule has 4 nitrogen and oxygen atoms in total. The molecule has 0 atom stereocenters. The van der Waals surface area contributed by atoms with Crippen LogP contribution in [0.5, 0.6) is 0 Å². The number of fused-ring (bicyclic) bond motifs is 1. The van der Waals surface area contributed by atoms with Crippen LogP contribution in [0.1, 0.15) is 31.1 Å². The van der Waals surface area contributed by atoms with Crippen LogP contribution in [0.3, 0.4) is 0 Å². The number of unbranched alkanes of at least 4 members (excludes halogenated alkanes) is 2. The van der Waals surface area contributed by atoms with Gasteiger partial charge in [-0.1, -0.05) is 38.0 Å². The minimum Gasteiger partial charge on any atom is -0.391 e. The molecule has 1 aromatic carbocycles. The van der Waals surface area contributed by atoms with E-state index < -0.39 is 10.0 Å². The highest BCUT2D eigenvalue weighted by Gasteiger charge is 2.27. The molecule has 2 aromatic rings. The van der Waals surface area contributed by atoms with Gasteiger partial charge in [0.1, 0.15) is 4.90 Å². The topological polar surface area (TPSA) is 57.6 Å². The van der Waals surface area contributed by atoms with Crippen molar-refractivity contribution in [3.63, 3.8) is 0 Å². The smallest absolute Gasteiger partial charge is 0.244 e. The molecule has 0 saturated heterocycles. The quantitative estimate of drug-likeness (QED) is 0.795. The van der Waals surface area contributed by atoms with Gasteiger partial charge < -0.3 is 5.11 Å². The Hall–Kier alpha value is -0.950. The summed E-state index contributed by atoms with van der Waals surface area (Å²) in [6, 6.07) is 7.39. The van der Waals surface area contributed by atoms with E-state index in [0.29, 0.717) is 16.8 Å². The fourth-order valence-corrected chi connectivity index (χ4v) is 5.27. The Morgan fingerprint density at radius 2 is 1.95 bits per heavy atom. The number of aliphatic hydroxyl groups excluding tert-OH is 1. The molecule has 6 heteroatoms. The molecule has 0 spiro atoms. The highest BCUT2D eigenvalue weighted by atomic mass is 32.2. The number of hydrogen-bond acceptors (Lipinski definition) is 4. The second-order valence-electron chi connectivity index (χ2n) is 5.04. The average Bonchev–Trinajstić information content (AvgIpc) is 2.86. The highest BCUT2D eigenvalue weighted by molar-refractivity contribution is 7.89. The Morgan fingerprint density at radius 1 is 1.24 bits per heavy atom. The van der Waals surface area contributed by atoms with Crippen molar-refractivity contribution in [3.05, 3.63) is 29.1 Å². The molecule has 0 aliphatic heterocycles. The standard InChI is InChI=1S/C15H21NO3S2/c1-3-4-7-10-16(2)21(18,19)15-12-8-5-6-9-13(12)20-14(15)11-17/h5-6,8-9,17H,3-4,7,10-11H2,1-2H3. The molecule has 1 N–H and O–H groups in total. The zero-order chi connectivity index (χ0) is 15.5. The van der Waals surface area contributed by atoms with Crippen LogP contribution >= 0.6 is 11.3 Å². The Balaban J connectivity index is 2.43. The van der Waals surface area contributed by atoms with E-state index in [9.17, 15) is 13.5 Å². The lowest BCUT2D eigenvalue weighted by molar-refractivity contribution is 0.282. The van der Waals surface area contributed by atoms with Crippen molar-refractivity contribution >= 4 is 31.4 Å². The monoisotopic (exact) mass is 327 g/mol. The number of hydrogen-bond donors (Lipinski definition) is 1. The van der Waals surface area contributed by atoms with Gasteiger partial charge in [-0.3, -0.25) is 0 Å². The third-order valence-electron chi connectivity index (χ3n) is 3.51. The summed E-state index contributed by atoms with van der Waals surface area (Å²) in [6.07, 6.45) is 2.91. The maximum Gasteiger partial charge on any atom is 0.244 e. The maximum absolute atomic E-state index is 12.8. The molecule has 0 aliphatic rings. The summed E-state index contributed by atoms with van der Waals surface area (Å²) in [5, 5.41) is 10.2. The predicted octanol–water partition coefficient (Wildman–Crippen LogP) is 3.20. The van der Waals surface area contributed by atoms with Gasteiger partial charge in [-0.15, -0.1) is 11.3 Å². The fraction of sp³-hybridized carbons (Fsp3) is 0.467. The van der Waals surface area contributed by atoms with Crippen LogP contribution < -0.4 is 0 Å². The summed E-state index contributed by atoms with van der Waals surface area (Å²) in [7, 11) is -1.95. The summed E-state index contributed by atoms with van der Waals surface area (Å²) in [4.78, 5) is 0.781. The zero-order valence-electron chi connectivity index (χ0n) is 12.4. The molecule has 0 radical (unpaired) electrons. The van der Waals surface area contributed by atoms with Crippen LogP contribution in [-0.4, -0.2) is 31.4 Å². The fourth-order valence-electron chi connectivity index (χ4n) is 2.32. The number of rotatable bonds is 7. The van der Waals surface area contributed by atoms with Crippen molar-refractivity contribution in [3.8, 4) is 0 Å². The third kappa shape index (κ3) is 3.29. The van der Waals surface area contributed by atoms with Crippen molar-refractivity contribution in [2.24, 2.45) is 0 Å². The Kier molecular flexibility index (Phi) is 5.37. The van der Waals surface area contributed by atoms with Crippen LogP contribution in [0, 0.1) is 0 Å². The number of benzene rings is 1. The van der Waals surface area contributed by atoms with Crippen molar-refractivity contribution in [1.82, 2.24) is 4.31 Å². The molecular weight excluding hydrogens is 306 g/mol. The van der Waals surface area contributed by atoms with Crippen molar-refractivity contribution < 1.29 is 13.5 Å². The van der Waals surface area contributed by atoms with Gasteiger partial charge in [-0.2, -0.15) is 0 Å². The van der Waals surface area contributed by atoms with Crippen molar-refractivity contribution in [1.29, 1.82) is 0 Å². The lowest BCUT2D eigenvalue weighted by atomic mass is 10.2. The second kappa shape index (κ2) is 6.87. The van der Waals surface area contributed by atoms with Gasteiger partial charge in [0.05, 0.1) is 11.5 Å². The van der Waals surface area contributed by atoms with Crippen molar-refractivity contribution in [2.75, 3.05) is 13.6 Å². The Morgan fingerprint density at radius 3 is 2.62 bits per heavy atom. The molecule has 0 aliphatic carbocycles. The van der Waals surface area contributed by atoms with Gasteiger partial charge in [-0.25, -0.2) is 12.7 Å². The molecule has 1 heterocycles. The second-order valence-corrected chi connectivity index (χ2v) is 8.16. The van der Waals surface area contributed by atoms with Gasteiger partial charge in [-0.05, 0) is 12.5 Å². The SMILES string of the molecule is CCCCCN(C)S(=O)(=O)c1c(CO)sc2ccccc12. The summed E-state index contributed by atoms with van der Waals surface area (Å²) in [5.74, 6) is 0. The van der Waals surface area contributed by atoms with Gasteiger partial charge in [0.25, 0.3) is 0 Å². The van der Waals surface area contributed by atoms with Gasteiger partial charge in [0.2, 0.25) is 10.0 Å². The lowest BCUT2D eigenvalue weighted by Crippen LogP contribution is -2.28. The van der Waals surface area contributed by atoms with Crippen LogP contribution in [0.2, 0.25) is 0 Å². The first kappa shape index (κ1) is 16.4. The van der Waals surface area contributed by atoms with Crippen molar-refractivity contribution in [2.45, 2.75) is 37.7 Å². The van der Waals surface area contributed by atoms with E-state index in [-0.39, 0.29) is 11.5 Å². The van der Waals surface area contributed by atoms with Crippen LogP contribution in [0.15, 0.2) is 29.2 Å². The van der Waals surface area contributed by atoms with Gasteiger partial charge in [0, 0.05) is 23.7 Å². The molecular formula is C15H21NO3S2. The van der Waals surface area contributed by atoms with Crippen LogP contribution in [0.4, 0.5) is 0 Å². The Bertz CT molecular complexity index is 707. The van der Waals surface area contributed by atoms with E-state index in [0.717, 1.165) is 24.0 Å². The molecule has 0 bridgehead atoms. The summed E-state index contributed by atoms with van der Waals surface area (Å²) in [5.41, 5.74) is 0. The summed E-state index contributed by atoms with van der Waals surface area (Å²) < 4.78 is 27.9. The molecule has 2 rings (SSSR count).